The molecule has 0 aromatic carbocycles. The first-order valence-corrected chi connectivity index (χ1v) is 10.2. The van der Waals surface area contributed by atoms with Crippen molar-refractivity contribution >= 4 is 29.7 Å². The van der Waals surface area contributed by atoms with E-state index in [2.05, 4.69) is 20.8 Å². The van der Waals surface area contributed by atoms with Gasteiger partial charge in [-0.1, -0.05) is 25.4 Å². The van der Waals surface area contributed by atoms with Gasteiger partial charge in [0.2, 0.25) is 11.8 Å². The van der Waals surface area contributed by atoms with Gasteiger partial charge in [-0.15, -0.1) is 0 Å². The minimum atomic E-state index is -1.43. The molecule has 11 nitrogen and oxygen atoms in total. The van der Waals surface area contributed by atoms with Crippen molar-refractivity contribution in [3.63, 3.8) is 0 Å². The monoisotopic (exact) mass is 416 g/mol. The Morgan fingerprint density at radius 1 is 1.32 bits per heavy atom. The number of carboxylic acid groups (broad SMARTS) is 1. The molecule has 0 aliphatic heterocycles. The van der Waals surface area contributed by atoms with Crippen molar-refractivity contribution in [3.8, 4) is 0 Å². The van der Waals surface area contributed by atoms with Crippen LogP contribution in [0.4, 0.5) is 4.79 Å². The number of hydrogen-bond donors (Lipinski definition) is 5. The number of urea groups is 1. The third-order valence-corrected chi connectivity index (χ3v) is 4.88. The number of primary amides is 1. The minimum absolute atomic E-state index is 0.150. The molecule has 0 aliphatic carbocycles. The lowest BCUT2D eigenvalue weighted by atomic mass is 10.00. The highest BCUT2D eigenvalue weighted by atomic mass is 32.2. The second-order valence-electron chi connectivity index (χ2n) is 6.42. The Morgan fingerprint density at radius 3 is 2.54 bits per heavy atom. The molecule has 3 amide bonds. The molecule has 1 heterocycles. The fraction of sp³-hybridized carbons (Fsp3) is 0.688. The lowest BCUT2D eigenvalue weighted by molar-refractivity contribution is -0.140. The van der Waals surface area contributed by atoms with Crippen molar-refractivity contribution < 1.29 is 24.0 Å². The normalized spacial score (nSPS) is 15.3. The van der Waals surface area contributed by atoms with Crippen LogP contribution in [-0.4, -0.2) is 51.2 Å². The summed E-state index contributed by atoms with van der Waals surface area (Å²) in [6.07, 6.45) is 2.70. The van der Waals surface area contributed by atoms with Gasteiger partial charge in [0.1, 0.15) is 12.1 Å². The molecule has 7 N–H and O–H groups in total. The second-order valence-corrected chi connectivity index (χ2v) is 7.40. The summed E-state index contributed by atoms with van der Waals surface area (Å²) in [7, 11) is 0. The maximum atomic E-state index is 12.2. The number of carbonyl (C=O) groups is 3. The molecule has 158 valence electrons. The van der Waals surface area contributed by atoms with Crippen molar-refractivity contribution in [2.75, 3.05) is 12.0 Å². The second kappa shape index (κ2) is 11.5. The molecule has 0 aliphatic rings. The van der Waals surface area contributed by atoms with Crippen molar-refractivity contribution in [2.45, 2.75) is 51.2 Å². The lowest BCUT2D eigenvalue weighted by Gasteiger charge is -2.18. The fourth-order valence-electron chi connectivity index (χ4n) is 2.29. The van der Waals surface area contributed by atoms with Crippen LogP contribution in [0, 0.1) is 5.92 Å². The van der Waals surface area contributed by atoms with Gasteiger partial charge in [-0.05, 0) is 24.3 Å². The maximum Gasteiger partial charge on any atom is 0.326 e. The quantitative estimate of drug-likeness (QED) is 0.324. The van der Waals surface area contributed by atoms with Gasteiger partial charge >= 0.3 is 12.0 Å². The number of hydrogen-bond acceptors (Lipinski definition) is 8. The summed E-state index contributed by atoms with van der Waals surface area (Å²) in [6.45, 7) is 3.98. The topological polar surface area (TPSA) is 186 Å². The summed E-state index contributed by atoms with van der Waals surface area (Å²) in [5.74, 6) is -0.848. The SMILES string of the molecule is CCC(C)C(N)c1noc([C@H](CCSC)NC(=O)N[C@@H](CC(N)=O)C(=O)O)n1. The number of nitrogens with zero attached hydrogens (tertiary/aromatic N) is 2. The van der Waals surface area contributed by atoms with Gasteiger partial charge in [-0.25, -0.2) is 9.59 Å². The van der Waals surface area contributed by atoms with E-state index in [0.717, 1.165) is 6.42 Å². The van der Waals surface area contributed by atoms with Gasteiger partial charge in [0.15, 0.2) is 5.82 Å². The van der Waals surface area contributed by atoms with Crippen molar-refractivity contribution in [3.05, 3.63) is 11.7 Å². The number of carbonyl (C=O) groups excluding carboxylic acids is 2. The fourth-order valence-corrected chi connectivity index (χ4v) is 2.76. The molecule has 0 saturated heterocycles. The number of rotatable bonds is 12. The zero-order valence-corrected chi connectivity index (χ0v) is 17.0. The molecule has 0 radical (unpaired) electrons. The largest absolute Gasteiger partial charge is 0.480 e. The number of aliphatic carboxylic acids is 1. The van der Waals surface area contributed by atoms with Crippen LogP contribution < -0.4 is 22.1 Å². The highest BCUT2D eigenvalue weighted by Gasteiger charge is 2.27. The van der Waals surface area contributed by atoms with Gasteiger partial charge in [-0.3, -0.25) is 4.79 Å². The Balaban J connectivity index is 2.88. The predicted molar refractivity (Wildman–Crippen MR) is 103 cm³/mol. The van der Waals surface area contributed by atoms with Crippen LogP contribution in [-0.2, 0) is 9.59 Å². The summed E-state index contributed by atoms with van der Waals surface area (Å²) < 4.78 is 5.27. The molecule has 4 atom stereocenters. The van der Waals surface area contributed by atoms with Crippen LogP contribution in [0.2, 0.25) is 0 Å². The van der Waals surface area contributed by atoms with Gasteiger partial charge in [-0.2, -0.15) is 16.7 Å². The molecule has 12 heteroatoms. The molecular weight excluding hydrogens is 388 g/mol. The van der Waals surface area contributed by atoms with Crippen molar-refractivity contribution in [2.24, 2.45) is 17.4 Å². The number of thioether (sulfide) groups is 1. The average Bonchev–Trinajstić information content (AvgIpc) is 3.12. The molecule has 0 saturated carbocycles. The van der Waals surface area contributed by atoms with Crippen LogP contribution in [0.25, 0.3) is 0 Å². The van der Waals surface area contributed by atoms with E-state index in [1.807, 2.05) is 20.1 Å². The van der Waals surface area contributed by atoms with Gasteiger partial charge in [0.05, 0.1) is 12.5 Å². The van der Waals surface area contributed by atoms with E-state index < -0.39 is 42.5 Å². The predicted octanol–water partition coefficient (Wildman–Crippen LogP) is 0.538. The molecular formula is C16H28N6O5S. The number of nitrogens with one attached hydrogen (secondary N) is 2. The Kier molecular flexibility index (Phi) is 9.73. The number of aromatic nitrogens is 2. The molecule has 2 unspecified atom stereocenters. The summed E-state index contributed by atoms with van der Waals surface area (Å²) in [6, 6.07) is -3.26. The Labute approximate surface area is 167 Å². The van der Waals surface area contributed by atoms with E-state index in [1.54, 1.807) is 11.8 Å². The standard InChI is InChI=1S/C16H28N6O5S/c1-4-8(2)12(18)13-21-14(27-22-13)9(5-6-28-3)19-16(26)20-10(15(24)25)7-11(17)23/h8-10,12H,4-7,18H2,1-3H3,(H2,17,23)(H,24,25)(H2,19,20,26)/t8?,9-,10-,12?/m0/s1. The van der Waals surface area contributed by atoms with Crippen LogP contribution in [0.3, 0.4) is 0 Å². The Hall–Kier alpha value is -2.34. The smallest absolute Gasteiger partial charge is 0.326 e. The van der Waals surface area contributed by atoms with E-state index in [4.69, 9.17) is 21.1 Å². The molecule has 0 spiro atoms. The highest BCUT2D eigenvalue weighted by Crippen LogP contribution is 2.23. The van der Waals surface area contributed by atoms with E-state index in [9.17, 15) is 14.4 Å². The van der Waals surface area contributed by atoms with Crippen LogP contribution in [0.1, 0.15) is 56.9 Å². The number of carboxylic acids is 1. The summed E-state index contributed by atoms with van der Waals surface area (Å²) in [4.78, 5) is 38.7. The Morgan fingerprint density at radius 2 is 2.00 bits per heavy atom. The minimum Gasteiger partial charge on any atom is -0.480 e. The first-order chi connectivity index (χ1) is 13.2. The van der Waals surface area contributed by atoms with Gasteiger partial charge in [0.25, 0.3) is 0 Å². The summed E-state index contributed by atoms with van der Waals surface area (Å²) in [5, 5.41) is 17.8. The van der Waals surface area contributed by atoms with Crippen molar-refractivity contribution in [1.29, 1.82) is 0 Å². The van der Waals surface area contributed by atoms with E-state index in [1.165, 1.54) is 0 Å². The molecule has 28 heavy (non-hydrogen) atoms. The van der Waals surface area contributed by atoms with E-state index >= 15 is 0 Å². The van der Waals surface area contributed by atoms with E-state index in [0.29, 0.717) is 18.0 Å². The first-order valence-electron chi connectivity index (χ1n) is 8.85. The maximum absolute atomic E-state index is 12.2. The average molecular weight is 417 g/mol. The molecule has 1 aromatic rings. The molecule has 1 aromatic heterocycles. The Bertz CT molecular complexity index is 670. The van der Waals surface area contributed by atoms with E-state index in [-0.39, 0.29) is 11.8 Å². The third-order valence-electron chi connectivity index (χ3n) is 4.24. The highest BCUT2D eigenvalue weighted by molar-refractivity contribution is 7.98. The van der Waals surface area contributed by atoms with Crippen LogP contribution in [0.5, 0.6) is 0 Å². The molecule has 0 bridgehead atoms. The molecule has 1 rings (SSSR count). The van der Waals surface area contributed by atoms with Crippen LogP contribution in [0.15, 0.2) is 4.52 Å². The summed E-state index contributed by atoms with van der Waals surface area (Å²) in [5.41, 5.74) is 11.1. The summed E-state index contributed by atoms with van der Waals surface area (Å²) >= 11 is 1.56. The molecule has 0 fully saturated rings. The number of nitrogens with two attached hydrogens (primary N) is 2. The van der Waals surface area contributed by atoms with Crippen LogP contribution >= 0.6 is 11.8 Å². The third kappa shape index (κ3) is 7.35. The zero-order valence-electron chi connectivity index (χ0n) is 16.2. The zero-order chi connectivity index (χ0) is 21.3. The van der Waals surface area contributed by atoms with Crippen molar-refractivity contribution in [1.82, 2.24) is 20.8 Å². The first kappa shape index (κ1) is 23.7. The lowest BCUT2D eigenvalue weighted by Crippen LogP contribution is -2.48. The van der Waals surface area contributed by atoms with Gasteiger partial charge < -0.3 is 31.7 Å². The van der Waals surface area contributed by atoms with Gasteiger partial charge in [0, 0.05) is 0 Å². The number of amides is 3.